The molecule has 0 atom stereocenters. The highest BCUT2D eigenvalue weighted by Crippen LogP contribution is 2.27. The second kappa shape index (κ2) is 4.65. The maximum Gasteiger partial charge on any atom is 0.117 e. The Bertz CT molecular complexity index is 274. The van der Waals surface area contributed by atoms with Crippen LogP contribution in [-0.4, -0.2) is 0 Å². The predicted octanol–water partition coefficient (Wildman–Crippen LogP) is 2.86. The summed E-state index contributed by atoms with van der Waals surface area (Å²) >= 11 is 0. The molecule has 1 heterocycles. The molecule has 0 spiro atoms. The highest BCUT2D eigenvalue weighted by atomic mass is 16.3. The van der Waals surface area contributed by atoms with Crippen molar-refractivity contribution in [1.29, 1.82) is 0 Å². The Balaban J connectivity index is 1.89. The van der Waals surface area contributed by atoms with Crippen LogP contribution in [0, 0.1) is 5.92 Å². The van der Waals surface area contributed by atoms with Crippen molar-refractivity contribution in [2.75, 3.05) is 0 Å². The molecule has 2 heteroatoms. The normalized spacial score (nSPS) is 18.6. The van der Waals surface area contributed by atoms with Gasteiger partial charge in [0.15, 0.2) is 0 Å². The summed E-state index contributed by atoms with van der Waals surface area (Å²) in [6.45, 7) is 0.519. The standard InChI is InChI=1S/C12H19NO/c13-9-12-7-6-11(14-12)8-10-4-2-1-3-5-10/h6-7,10H,1-5,8-9,13H2. The van der Waals surface area contributed by atoms with E-state index < -0.39 is 0 Å². The number of hydrogen-bond donors (Lipinski definition) is 1. The first-order chi connectivity index (χ1) is 6.88. The van der Waals surface area contributed by atoms with E-state index in [-0.39, 0.29) is 0 Å². The summed E-state index contributed by atoms with van der Waals surface area (Å²) in [4.78, 5) is 0. The molecule has 1 aromatic heterocycles. The maximum atomic E-state index is 5.61. The van der Waals surface area contributed by atoms with Gasteiger partial charge in [-0.25, -0.2) is 0 Å². The van der Waals surface area contributed by atoms with Crippen molar-refractivity contribution in [3.8, 4) is 0 Å². The molecular weight excluding hydrogens is 174 g/mol. The lowest BCUT2D eigenvalue weighted by atomic mass is 9.86. The molecule has 2 rings (SSSR count). The first kappa shape index (κ1) is 9.78. The number of rotatable bonds is 3. The Morgan fingerprint density at radius 3 is 2.50 bits per heavy atom. The molecule has 0 unspecified atom stereocenters. The third-order valence-corrected chi connectivity index (χ3v) is 3.13. The molecule has 2 nitrogen and oxygen atoms in total. The van der Waals surface area contributed by atoms with E-state index in [1.54, 1.807) is 0 Å². The van der Waals surface area contributed by atoms with E-state index in [9.17, 15) is 0 Å². The molecule has 1 aliphatic carbocycles. The molecule has 78 valence electrons. The molecule has 1 aliphatic rings. The summed E-state index contributed by atoms with van der Waals surface area (Å²) in [6, 6.07) is 4.08. The SMILES string of the molecule is NCc1ccc(CC2CCCCC2)o1. The van der Waals surface area contributed by atoms with Crippen molar-refractivity contribution in [2.45, 2.75) is 45.1 Å². The molecule has 0 aromatic carbocycles. The molecule has 2 N–H and O–H groups in total. The van der Waals surface area contributed by atoms with Crippen LogP contribution in [0.4, 0.5) is 0 Å². The molecule has 0 radical (unpaired) electrons. The van der Waals surface area contributed by atoms with Crippen LogP contribution in [0.5, 0.6) is 0 Å². The van der Waals surface area contributed by atoms with Gasteiger partial charge in [0.25, 0.3) is 0 Å². The zero-order chi connectivity index (χ0) is 9.80. The van der Waals surface area contributed by atoms with Crippen molar-refractivity contribution in [1.82, 2.24) is 0 Å². The number of furan rings is 1. The van der Waals surface area contributed by atoms with Crippen LogP contribution >= 0.6 is 0 Å². The molecule has 14 heavy (non-hydrogen) atoms. The maximum absolute atomic E-state index is 5.61. The van der Waals surface area contributed by atoms with E-state index in [4.69, 9.17) is 10.2 Å². The molecule has 0 amide bonds. The Morgan fingerprint density at radius 2 is 1.86 bits per heavy atom. The van der Waals surface area contributed by atoms with Crippen LogP contribution in [0.3, 0.4) is 0 Å². The minimum atomic E-state index is 0.519. The third-order valence-electron chi connectivity index (χ3n) is 3.13. The molecule has 1 fully saturated rings. The Hall–Kier alpha value is -0.760. The third kappa shape index (κ3) is 2.38. The van der Waals surface area contributed by atoms with Crippen molar-refractivity contribution in [3.05, 3.63) is 23.7 Å². The van der Waals surface area contributed by atoms with Gasteiger partial charge in [-0.05, 0) is 18.1 Å². The predicted molar refractivity (Wildman–Crippen MR) is 56.9 cm³/mol. The smallest absolute Gasteiger partial charge is 0.117 e. The van der Waals surface area contributed by atoms with Crippen molar-refractivity contribution in [2.24, 2.45) is 11.7 Å². The van der Waals surface area contributed by atoms with Gasteiger partial charge in [0, 0.05) is 6.42 Å². The summed E-state index contributed by atoms with van der Waals surface area (Å²) in [5, 5.41) is 0. The van der Waals surface area contributed by atoms with E-state index in [0.29, 0.717) is 6.54 Å². The molecule has 0 bridgehead atoms. The average Bonchev–Trinajstić information content (AvgIpc) is 2.67. The van der Waals surface area contributed by atoms with Gasteiger partial charge in [-0.3, -0.25) is 0 Å². The van der Waals surface area contributed by atoms with Gasteiger partial charge in [0.1, 0.15) is 11.5 Å². The lowest BCUT2D eigenvalue weighted by Gasteiger charge is -2.20. The molecule has 1 saturated carbocycles. The quantitative estimate of drug-likeness (QED) is 0.801. The van der Waals surface area contributed by atoms with Crippen LogP contribution in [0.15, 0.2) is 16.5 Å². The van der Waals surface area contributed by atoms with Crippen molar-refractivity contribution < 1.29 is 4.42 Å². The Kier molecular flexibility index (Phi) is 3.25. The highest BCUT2D eigenvalue weighted by molar-refractivity contribution is 5.07. The zero-order valence-corrected chi connectivity index (χ0v) is 8.67. The van der Waals surface area contributed by atoms with Gasteiger partial charge in [-0.15, -0.1) is 0 Å². The van der Waals surface area contributed by atoms with Crippen LogP contribution in [-0.2, 0) is 13.0 Å². The van der Waals surface area contributed by atoms with E-state index >= 15 is 0 Å². The van der Waals surface area contributed by atoms with Gasteiger partial charge < -0.3 is 10.2 Å². The summed E-state index contributed by atoms with van der Waals surface area (Å²) in [6.07, 6.45) is 8.07. The lowest BCUT2D eigenvalue weighted by molar-refractivity contribution is 0.329. The van der Waals surface area contributed by atoms with Crippen LogP contribution in [0.1, 0.15) is 43.6 Å². The molecule has 1 aromatic rings. The number of hydrogen-bond acceptors (Lipinski definition) is 2. The Labute approximate surface area is 85.5 Å². The largest absolute Gasteiger partial charge is 0.465 e. The first-order valence-electron chi connectivity index (χ1n) is 5.66. The van der Waals surface area contributed by atoms with Gasteiger partial charge in [0.05, 0.1) is 6.54 Å². The Morgan fingerprint density at radius 1 is 1.14 bits per heavy atom. The van der Waals surface area contributed by atoms with E-state index in [2.05, 4.69) is 6.07 Å². The fourth-order valence-corrected chi connectivity index (χ4v) is 2.32. The summed E-state index contributed by atoms with van der Waals surface area (Å²) in [5.74, 6) is 2.88. The number of nitrogens with two attached hydrogens (primary N) is 1. The van der Waals surface area contributed by atoms with Gasteiger partial charge >= 0.3 is 0 Å². The molecule has 0 aliphatic heterocycles. The second-order valence-electron chi connectivity index (χ2n) is 4.28. The van der Waals surface area contributed by atoms with E-state index in [0.717, 1.165) is 23.9 Å². The summed E-state index contributed by atoms with van der Waals surface area (Å²) in [5.41, 5.74) is 5.50. The summed E-state index contributed by atoms with van der Waals surface area (Å²) in [7, 11) is 0. The minimum Gasteiger partial charge on any atom is -0.465 e. The summed E-state index contributed by atoms with van der Waals surface area (Å²) < 4.78 is 5.61. The monoisotopic (exact) mass is 193 g/mol. The topological polar surface area (TPSA) is 39.2 Å². The zero-order valence-electron chi connectivity index (χ0n) is 8.67. The second-order valence-corrected chi connectivity index (χ2v) is 4.28. The van der Waals surface area contributed by atoms with Gasteiger partial charge in [-0.1, -0.05) is 32.1 Å². The van der Waals surface area contributed by atoms with Crippen LogP contribution < -0.4 is 5.73 Å². The fraction of sp³-hybridized carbons (Fsp3) is 0.667. The van der Waals surface area contributed by atoms with Crippen LogP contribution in [0.2, 0.25) is 0 Å². The van der Waals surface area contributed by atoms with E-state index in [1.165, 1.54) is 32.1 Å². The minimum absolute atomic E-state index is 0.519. The molecule has 0 saturated heterocycles. The first-order valence-corrected chi connectivity index (χ1v) is 5.66. The lowest BCUT2D eigenvalue weighted by Crippen LogP contribution is -2.08. The van der Waals surface area contributed by atoms with Gasteiger partial charge in [-0.2, -0.15) is 0 Å². The van der Waals surface area contributed by atoms with E-state index in [1.807, 2.05) is 6.07 Å². The fourth-order valence-electron chi connectivity index (χ4n) is 2.32. The van der Waals surface area contributed by atoms with Crippen molar-refractivity contribution >= 4 is 0 Å². The van der Waals surface area contributed by atoms with Crippen molar-refractivity contribution in [3.63, 3.8) is 0 Å². The van der Waals surface area contributed by atoms with Gasteiger partial charge in [0.2, 0.25) is 0 Å². The molecular formula is C12H19NO. The van der Waals surface area contributed by atoms with Crippen LogP contribution in [0.25, 0.3) is 0 Å². The average molecular weight is 193 g/mol. The highest BCUT2D eigenvalue weighted by Gasteiger charge is 2.15.